The highest BCUT2D eigenvalue weighted by molar-refractivity contribution is 5.94. The number of rotatable bonds is 2. The molecule has 0 bridgehead atoms. The quantitative estimate of drug-likeness (QED) is 0.864. The van der Waals surface area contributed by atoms with Crippen LogP contribution in [0.1, 0.15) is 12.8 Å². The standard InChI is InChI=1S/C14H18N4O2/c19-13-15-7-10-18(13)12-5-3-11(4-6-12)16-14(20)17-8-1-2-9-17/h3-6H,1-2,7-10H2,(H,15,19)(H,16,20). The van der Waals surface area contributed by atoms with Gasteiger partial charge in [-0.15, -0.1) is 0 Å². The highest BCUT2D eigenvalue weighted by Gasteiger charge is 2.21. The zero-order valence-corrected chi connectivity index (χ0v) is 11.3. The van der Waals surface area contributed by atoms with Crippen LogP contribution in [0.2, 0.25) is 0 Å². The molecular weight excluding hydrogens is 256 g/mol. The van der Waals surface area contributed by atoms with Crippen LogP contribution in [-0.4, -0.2) is 43.1 Å². The van der Waals surface area contributed by atoms with Gasteiger partial charge in [-0.2, -0.15) is 0 Å². The highest BCUT2D eigenvalue weighted by atomic mass is 16.2. The number of anilines is 2. The lowest BCUT2D eigenvalue weighted by molar-refractivity contribution is 0.222. The summed E-state index contributed by atoms with van der Waals surface area (Å²) in [4.78, 5) is 27.0. The number of urea groups is 2. The second-order valence-electron chi connectivity index (χ2n) is 5.05. The molecule has 0 spiro atoms. The van der Waals surface area contributed by atoms with Gasteiger partial charge >= 0.3 is 12.1 Å². The van der Waals surface area contributed by atoms with Crippen LogP contribution in [0.5, 0.6) is 0 Å². The maximum absolute atomic E-state index is 11.9. The van der Waals surface area contributed by atoms with E-state index >= 15 is 0 Å². The van der Waals surface area contributed by atoms with Gasteiger partial charge < -0.3 is 15.5 Å². The molecule has 0 saturated carbocycles. The number of nitrogens with one attached hydrogen (secondary N) is 2. The van der Waals surface area contributed by atoms with E-state index in [2.05, 4.69) is 10.6 Å². The number of carbonyl (C=O) groups excluding carboxylic acids is 2. The number of carbonyl (C=O) groups is 2. The van der Waals surface area contributed by atoms with Gasteiger partial charge in [0.2, 0.25) is 0 Å². The van der Waals surface area contributed by atoms with Crippen molar-refractivity contribution in [2.24, 2.45) is 0 Å². The Kier molecular flexibility index (Phi) is 3.45. The summed E-state index contributed by atoms with van der Waals surface area (Å²) < 4.78 is 0. The Hall–Kier alpha value is -2.24. The molecule has 2 aliphatic rings. The Morgan fingerprint density at radius 1 is 1.10 bits per heavy atom. The Morgan fingerprint density at radius 2 is 1.80 bits per heavy atom. The van der Waals surface area contributed by atoms with Crippen molar-refractivity contribution in [2.75, 3.05) is 36.4 Å². The molecule has 0 aliphatic carbocycles. The van der Waals surface area contributed by atoms with Gasteiger partial charge in [-0.25, -0.2) is 9.59 Å². The summed E-state index contributed by atoms with van der Waals surface area (Å²) >= 11 is 0. The van der Waals surface area contributed by atoms with Gasteiger partial charge in [-0.05, 0) is 37.1 Å². The number of likely N-dealkylation sites (tertiary alicyclic amines) is 1. The molecule has 0 atom stereocenters. The van der Waals surface area contributed by atoms with Gasteiger partial charge in [-0.3, -0.25) is 4.90 Å². The third kappa shape index (κ3) is 2.54. The van der Waals surface area contributed by atoms with Crippen LogP contribution in [0, 0.1) is 0 Å². The van der Waals surface area contributed by atoms with Gasteiger partial charge in [0, 0.05) is 37.6 Å². The first-order valence-corrected chi connectivity index (χ1v) is 6.95. The van der Waals surface area contributed by atoms with Crippen molar-refractivity contribution in [3.8, 4) is 0 Å². The van der Waals surface area contributed by atoms with Crippen molar-refractivity contribution in [1.29, 1.82) is 0 Å². The van der Waals surface area contributed by atoms with Crippen LogP contribution in [0.15, 0.2) is 24.3 Å². The first kappa shape index (κ1) is 12.8. The Morgan fingerprint density at radius 3 is 2.40 bits per heavy atom. The normalized spacial score (nSPS) is 18.3. The van der Waals surface area contributed by atoms with Gasteiger partial charge in [0.15, 0.2) is 0 Å². The summed E-state index contributed by atoms with van der Waals surface area (Å²) in [5, 5.41) is 5.64. The predicted molar refractivity (Wildman–Crippen MR) is 77.0 cm³/mol. The fourth-order valence-corrected chi connectivity index (χ4v) is 2.57. The van der Waals surface area contributed by atoms with E-state index in [1.807, 2.05) is 29.2 Å². The van der Waals surface area contributed by atoms with E-state index < -0.39 is 0 Å². The molecule has 1 aromatic carbocycles. The lowest BCUT2D eigenvalue weighted by Crippen LogP contribution is -2.32. The molecule has 6 heteroatoms. The minimum absolute atomic E-state index is 0.0471. The Labute approximate surface area is 117 Å². The zero-order chi connectivity index (χ0) is 13.9. The molecule has 4 amide bonds. The third-order valence-electron chi connectivity index (χ3n) is 3.68. The number of amides is 4. The number of hydrogen-bond acceptors (Lipinski definition) is 2. The summed E-state index contributed by atoms with van der Waals surface area (Å²) in [6, 6.07) is 7.24. The Bertz CT molecular complexity index is 508. The second kappa shape index (κ2) is 5.40. The molecule has 0 radical (unpaired) electrons. The molecular formula is C14H18N4O2. The smallest absolute Gasteiger partial charge is 0.321 e. The maximum Gasteiger partial charge on any atom is 0.321 e. The van der Waals surface area contributed by atoms with E-state index in [-0.39, 0.29) is 12.1 Å². The molecule has 2 aliphatic heterocycles. The molecule has 2 N–H and O–H groups in total. The van der Waals surface area contributed by atoms with Gasteiger partial charge in [0.25, 0.3) is 0 Å². The number of nitrogens with zero attached hydrogens (tertiary/aromatic N) is 2. The molecule has 106 valence electrons. The molecule has 0 unspecified atom stereocenters. The van der Waals surface area contributed by atoms with Crippen molar-refractivity contribution >= 4 is 23.4 Å². The maximum atomic E-state index is 11.9. The van der Waals surface area contributed by atoms with Crippen LogP contribution >= 0.6 is 0 Å². The monoisotopic (exact) mass is 274 g/mol. The van der Waals surface area contributed by atoms with Crippen LogP contribution < -0.4 is 15.5 Å². The minimum Gasteiger partial charge on any atom is -0.336 e. The molecule has 1 aromatic rings. The van der Waals surface area contributed by atoms with Crippen molar-refractivity contribution in [2.45, 2.75) is 12.8 Å². The lowest BCUT2D eigenvalue weighted by Gasteiger charge is -2.17. The first-order valence-electron chi connectivity index (χ1n) is 6.95. The van der Waals surface area contributed by atoms with E-state index in [9.17, 15) is 9.59 Å². The van der Waals surface area contributed by atoms with Gasteiger partial charge in [0.05, 0.1) is 0 Å². The van der Waals surface area contributed by atoms with Crippen LogP contribution in [0.25, 0.3) is 0 Å². The van der Waals surface area contributed by atoms with E-state index in [0.29, 0.717) is 13.1 Å². The minimum atomic E-state index is -0.0705. The topological polar surface area (TPSA) is 64.7 Å². The third-order valence-corrected chi connectivity index (χ3v) is 3.68. The predicted octanol–water partition coefficient (Wildman–Crippen LogP) is 1.84. The summed E-state index contributed by atoms with van der Waals surface area (Å²) in [5.41, 5.74) is 1.60. The van der Waals surface area contributed by atoms with Crippen molar-refractivity contribution < 1.29 is 9.59 Å². The van der Waals surface area contributed by atoms with E-state index in [1.54, 1.807) is 4.90 Å². The number of hydrogen-bond donors (Lipinski definition) is 2. The SMILES string of the molecule is O=C(Nc1ccc(N2CCNC2=O)cc1)N1CCCC1. The van der Waals surface area contributed by atoms with Crippen molar-refractivity contribution in [1.82, 2.24) is 10.2 Å². The molecule has 3 rings (SSSR count). The fourth-order valence-electron chi connectivity index (χ4n) is 2.57. The highest BCUT2D eigenvalue weighted by Crippen LogP contribution is 2.20. The van der Waals surface area contributed by atoms with Gasteiger partial charge in [-0.1, -0.05) is 0 Å². The van der Waals surface area contributed by atoms with Crippen molar-refractivity contribution in [3.63, 3.8) is 0 Å². The average Bonchev–Trinajstić information content (AvgIpc) is 3.11. The molecule has 20 heavy (non-hydrogen) atoms. The Balaban J connectivity index is 1.63. The molecule has 2 fully saturated rings. The molecule has 2 heterocycles. The molecule has 2 saturated heterocycles. The fraction of sp³-hybridized carbons (Fsp3) is 0.429. The summed E-state index contributed by atoms with van der Waals surface area (Å²) in [7, 11) is 0. The average molecular weight is 274 g/mol. The van der Waals surface area contributed by atoms with Gasteiger partial charge in [0.1, 0.15) is 0 Å². The van der Waals surface area contributed by atoms with Crippen molar-refractivity contribution in [3.05, 3.63) is 24.3 Å². The second-order valence-corrected chi connectivity index (χ2v) is 5.05. The van der Waals surface area contributed by atoms with E-state index in [1.165, 1.54) is 0 Å². The lowest BCUT2D eigenvalue weighted by atomic mass is 10.2. The van der Waals surface area contributed by atoms with Crippen LogP contribution in [0.4, 0.5) is 21.0 Å². The number of benzene rings is 1. The van der Waals surface area contributed by atoms with E-state index in [0.717, 1.165) is 37.3 Å². The summed E-state index contributed by atoms with van der Waals surface area (Å²) in [6.07, 6.45) is 2.16. The first-order chi connectivity index (χ1) is 9.74. The van der Waals surface area contributed by atoms with E-state index in [4.69, 9.17) is 0 Å². The van der Waals surface area contributed by atoms with Crippen LogP contribution in [0.3, 0.4) is 0 Å². The van der Waals surface area contributed by atoms with Crippen LogP contribution in [-0.2, 0) is 0 Å². The summed E-state index contributed by atoms with van der Waals surface area (Å²) in [6.45, 7) is 3.01. The molecule has 0 aromatic heterocycles. The summed E-state index contributed by atoms with van der Waals surface area (Å²) in [5.74, 6) is 0. The zero-order valence-electron chi connectivity index (χ0n) is 11.3. The largest absolute Gasteiger partial charge is 0.336 e. The molecule has 6 nitrogen and oxygen atoms in total.